The topological polar surface area (TPSA) is 94.0 Å². The third-order valence-corrected chi connectivity index (χ3v) is 1.62. The average molecular weight is 198 g/mol. The maximum atomic E-state index is 11.3. The summed E-state index contributed by atoms with van der Waals surface area (Å²) in [6.45, 7) is 3.74. The van der Waals surface area contributed by atoms with Crippen LogP contribution in [0.25, 0.3) is 0 Å². The SMILES string of the molecule is CC(C)(N)C(=O)NCCc1ncno1. The molecule has 0 aliphatic rings. The van der Waals surface area contributed by atoms with Gasteiger partial charge in [0.25, 0.3) is 0 Å². The lowest BCUT2D eigenvalue weighted by Crippen LogP contribution is -2.49. The number of nitrogens with one attached hydrogen (secondary N) is 1. The lowest BCUT2D eigenvalue weighted by Gasteiger charge is -2.17. The molecule has 0 saturated heterocycles. The number of amides is 1. The number of nitrogens with zero attached hydrogens (tertiary/aromatic N) is 2. The quantitative estimate of drug-likeness (QED) is 0.678. The molecule has 0 unspecified atom stereocenters. The second-order valence-corrected chi connectivity index (χ2v) is 3.56. The van der Waals surface area contributed by atoms with Crippen LogP contribution in [0.2, 0.25) is 0 Å². The van der Waals surface area contributed by atoms with Crippen molar-refractivity contribution in [2.24, 2.45) is 5.73 Å². The Morgan fingerprint density at radius 3 is 2.93 bits per heavy atom. The number of aromatic nitrogens is 2. The molecule has 0 bridgehead atoms. The monoisotopic (exact) mass is 198 g/mol. The van der Waals surface area contributed by atoms with Crippen molar-refractivity contribution in [2.75, 3.05) is 6.54 Å². The van der Waals surface area contributed by atoms with E-state index in [1.54, 1.807) is 13.8 Å². The second-order valence-electron chi connectivity index (χ2n) is 3.56. The summed E-state index contributed by atoms with van der Waals surface area (Å²) in [7, 11) is 0. The highest BCUT2D eigenvalue weighted by molar-refractivity contribution is 5.84. The summed E-state index contributed by atoms with van der Waals surface area (Å²) >= 11 is 0. The second kappa shape index (κ2) is 4.19. The summed E-state index contributed by atoms with van der Waals surface area (Å²) in [6.07, 6.45) is 1.84. The number of hydrogen-bond acceptors (Lipinski definition) is 5. The van der Waals surface area contributed by atoms with Gasteiger partial charge in [0.05, 0.1) is 5.54 Å². The van der Waals surface area contributed by atoms with E-state index in [0.717, 1.165) is 0 Å². The number of carbonyl (C=O) groups excluding carboxylic acids is 1. The van der Waals surface area contributed by atoms with E-state index in [4.69, 9.17) is 10.3 Å². The number of nitrogens with two attached hydrogens (primary N) is 1. The zero-order chi connectivity index (χ0) is 10.6. The van der Waals surface area contributed by atoms with Gasteiger partial charge in [0, 0.05) is 13.0 Å². The summed E-state index contributed by atoms with van der Waals surface area (Å²) < 4.78 is 4.76. The zero-order valence-electron chi connectivity index (χ0n) is 8.28. The van der Waals surface area contributed by atoms with Gasteiger partial charge in [0.2, 0.25) is 11.8 Å². The summed E-state index contributed by atoms with van der Waals surface area (Å²) in [5.41, 5.74) is 4.72. The minimum Gasteiger partial charge on any atom is -0.354 e. The zero-order valence-corrected chi connectivity index (χ0v) is 8.28. The molecule has 1 aromatic heterocycles. The van der Waals surface area contributed by atoms with Gasteiger partial charge < -0.3 is 15.6 Å². The minimum absolute atomic E-state index is 0.197. The largest absolute Gasteiger partial charge is 0.354 e. The highest BCUT2D eigenvalue weighted by atomic mass is 16.5. The van der Waals surface area contributed by atoms with E-state index in [1.165, 1.54) is 6.33 Å². The van der Waals surface area contributed by atoms with Gasteiger partial charge in [-0.15, -0.1) is 0 Å². The fourth-order valence-corrected chi connectivity index (χ4v) is 0.817. The Morgan fingerprint density at radius 1 is 1.71 bits per heavy atom. The highest BCUT2D eigenvalue weighted by Crippen LogP contribution is 1.96. The molecule has 0 spiro atoms. The molecule has 6 heteroatoms. The van der Waals surface area contributed by atoms with E-state index >= 15 is 0 Å². The first-order chi connectivity index (χ1) is 6.50. The molecule has 0 radical (unpaired) electrons. The Morgan fingerprint density at radius 2 is 2.43 bits per heavy atom. The van der Waals surface area contributed by atoms with Crippen LogP contribution in [0.4, 0.5) is 0 Å². The first-order valence-corrected chi connectivity index (χ1v) is 4.33. The van der Waals surface area contributed by atoms with Crippen LogP contribution in [-0.4, -0.2) is 28.1 Å². The van der Waals surface area contributed by atoms with Crippen LogP contribution in [0.5, 0.6) is 0 Å². The van der Waals surface area contributed by atoms with Crippen molar-refractivity contribution in [3.05, 3.63) is 12.2 Å². The Bertz CT molecular complexity index is 289. The van der Waals surface area contributed by atoms with Crippen molar-refractivity contribution in [2.45, 2.75) is 25.8 Å². The van der Waals surface area contributed by atoms with Crippen LogP contribution in [0.15, 0.2) is 10.9 Å². The maximum absolute atomic E-state index is 11.3. The molecule has 1 aromatic rings. The smallest absolute Gasteiger partial charge is 0.239 e. The van der Waals surface area contributed by atoms with Gasteiger partial charge in [-0.05, 0) is 13.8 Å². The standard InChI is InChI=1S/C8H14N4O2/c1-8(2,9)7(13)10-4-3-6-11-5-12-14-6/h5H,3-4,9H2,1-2H3,(H,10,13). The molecule has 0 aromatic carbocycles. The van der Waals surface area contributed by atoms with Gasteiger partial charge >= 0.3 is 0 Å². The van der Waals surface area contributed by atoms with Gasteiger partial charge in [-0.3, -0.25) is 4.79 Å². The molecule has 0 atom stereocenters. The summed E-state index contributed by atoms with van der Waals surface area (Å²) in [5.74, 6) is 0.303. The van der Waals surface area contributed by atoms with Crippen LogP contribution < -0.4 is 11.1 Å². The van der Waals surface area contributed by atoms with Crippen LogP contribution in [-0.2, 0) is 11.2 Å². The first kappa shape index (κ1) is 10.6. The van der Waals surface area contributed by atoms with Gasteiger partial charge in [0.15, 0.2) is 6.33 Å². The van der Waals surface area contributed by atoms with Gasteiger partial charge in [0.1, 0.15) is 0 Å². The van der Waals surface area contributed by atoms with Gasteiger partial charge in [-0.2, -0.15) is 4.98 Å². The summed E-state index contributed by atoms with van der Waals surface area (Å²) in [6, 6.07) is 0. The van der Waals surface area contributed by atoms with Gasteiger partial charge in [-0.1, -0.05) is 5.16 Å². The number of rotatable bonds is 4. The van der Waals surface area contributed by atoms with Crippen molar-refractivity contribution in [1.82, 2.24) is 15.5 Å². The molecule has 78 valence electrons. The van der Waals surface area contributed by atoms with Crippen molar-refractivity contribution in [1.29, 1.82) is 0 Å². The summed E-state index contributed by atoms with van der Waals surface area (Å²) in [4.78, 5) is 15.1. The Hall–Kier alpha value is -1.43. The van der Waals surface area contributed by atoms with Crippen molar-refractivity contribution < 1.29 is 9.32 Å². The lowest BCUT2D eigenvalue weighted by atomic mass is 10.1. The Labute approximate surface area is 81.9 Å². The van der Waals surface area contributed by atoms with Crippen LogP contribution in [0.1, 0.15) is 19.7 Å². The lowest BCUT2D eigenvalue weighted by molar-refractivity contribution is -0.125. The van der Waals surface area contributed by atoms with E-state index < -0.39 is 5.54 Å². The predicted octanol–water partition coefficient (Wildman–Crippen LogP) is -0.534. The normalized spacial score (nSPS) is 11.4. The molecule has 6 nitrogen and oxygen atoms in total. The molecule has 1 amide bonds. The van der Waals surface area contributed by atoms with Crippen molar-refractivity contribution >= 4 is 5.91 Å². The minimum atomic E-state index is -0.852. The van der Waals surface area contributed by atoms with E-state index in [0.29, 0.717) is 18.9 Å². The highest BCUT2D eigenvalue weighted by Gasteiger charge is 2.20. The fourth-order valence-electron chi connectivity index (χ4n) is 0.817. The predicted molar refractivity (Wildman–Crippen MR) is 49.3 cm³/mol. The van der Waals surface area contributed by atoms with E-state index in [2.05, 4.69) is 15.5 Å². The molecule has 0 saturated carbocycles. The molecule has 1 rings (SSSR count). The third kappa shape index (κ3) is 3.14. The summed E-state index contributed by atoms with van der Waals surface area (Å²) in [5, 5.41) is 6.11. The Balaban J connectivity index is 2.26. The molecule has 0 fully saturated rings. The van der Waals surface area contributed by atoms with Crippen molar-refractivity contribution in [3.63, 3.8) is 0 Å². The molecular weight excluding hydrogens is 184 g/mol. The molecule has 3 N–H and O–H groups in total. The van der Waals surface area contributed by atoms with Crippen molar-refractivity contribution in [3.8, 4) is 0 Å². The number of hydrogen-bond donors (Lipinski definition) is 2. The molecular formula is C8H14N4O2. The maximum Gasteiger partial charge on any atom is 0.239 e. The van der Waals surface area contributed by atoms with Crippen LogP contribution in [0.3, 0.4) is 0 Å². The van der Waals surface area contributed by atoms with Crippen LogP contribution >= 0.6 is 0 Å². The Kier molecular flexibility index (Phi) is 3.19. The first-order valence-electron chi connectivity index (χ1n) is 4.33. The average Bonchev–Trinajstić information content (AvgIpc) is 2.55. The molecule has 14 heavy (non-hydrogen) atoms. The molecule has 0 aliphatic heterocycles. The van der Waals surface area contributed by atoms with E-state index in [9.17, 15) is 4.79 Å². The van der Waals surface area contributed by atoms with Crippen LogP contribution in [0, 0.1) is 0 Å². The molecule has 1 heterocycles. The number of carbonyl (C=O) groups is 1. The van der Waals surface area contributed by atoms with Gasteiger partial charge in [-0.25, -0.2) is 0 Å². The third-order valence-electron chi connectivity index (χ3n) is 1.62. The fraction of sp³-hybridized carbons (Fsp3) is 0.625. The molecule has 0 aliphatic carbocycles. The van der Waals surface area contributed by atoms with E-state index in [1.807, 2.05) is 0 Å². The van der Waals surface area contributed by atoms with E-state index in [-0.39, 0.29) is 5.91 Å².